The van der Waals surface area contributed by atoms with Crippen LogP contribution < -0.4 is 14.8 Å². The molecule has 0 spiro atoms. The minimum absolute atomic E-state index is 0.0428. The summed E-state index contributed by atoms with van der Waals surface area (Å²) in [5, 5.41) is 1.38. The molecule has 2 amide bonds. The van der Waals surface area contributed by atoms with E-state index in [4.69, 9.17) is 18.7 Å². The summed E-state index contributed by atoms with van der Waals surface area (Å²) in [6.45, 7) is 10.2. The number of rotatable bonds is 18. The molecule has 0 aromatic heterocycles. The third-order valence-electron chi connectivity index (χ3n) is 10.6. The zero-order valence-corrected chi connectivity index (χ0v) is 36.4. The third-order valence-corrected chi connectivity index (χ3v) is 12.2. The van der Waals surface area contributed by atoms with Gasteiger partial charge < -0.3 is 32.7 Å². The lowest BCUT2D eigenvalue weighted by molar-refractivity contribution is -0.197. The van der Waals surface area contributed by atoms with E-state index in [0.717, 1.165) is 16.5 Å². The number of fused-ring (bicyclic) bond motifs is 2. The van der Waals surface area contributed by atoms with Crippen LogP contribution in [0.25, 0.3) is 17.4 Å². The molecule has 3 heterocycles. The number of methoxy groups -OCH3 is 2. The molecule has 0 N–H and O–H groups in total. The molecule has 5 rings (SSSR count). The number of benzene rings is 2. The van der Waals surface area contributed by atoms with Crippen molar-refractivity contribution in [2.45, 2.75) is 81.9 Å². The van der Waals surface area contributed by atoms with Gasteiger partial charge in [-0.15, -0.1) is 5.06 Å². The molecule has 1 aromatic carbocycles. The summed E-state index contributed by atoms with van der Waals surface area (Å²) in [5.41, 5.74) is 1.67. The van der Waals surface area contributed by atoms with Gasteiger partial charge >= 0.3 is 5.97 Å². The maximum Gasteiger partial charge on any atom is 0.333 e. The predicted molar refractivity (Wildman–Crippen MR) is 219 cm³/mol. The van der Waals surface area contributed by atoms with E-state index in [2.05, 4.69) is 4.58 Å². The Balaban J connectivity index is 1.61. The van der Waals surface area contributed by atoms with Crippen LogP contribution in [-0.2, 0) is 59.8 Å². The summed E-state index contributed by atoms with van der Waals surface area (Å²) < 4.78 is 91.1. The molecular formula is C42H52N3O13S2-. The van der Waals surface area contributed by atoms with E-state index < -0.39 is 54.1 Å². The van der Waals surface area contributed by atoms with Crippen LogP contribution in [0.15, 0.2) is 69.6 Å². The zero-order chi connectivity index (χ0) is 44.0. The summed E-state index contributed by atoms with van der Waals surface area (Å²) in [6, 6.07) is 11.8. The number of amides is 2. The maximum absolute atomic E-state index is 12.8. The number of hydroxylamine groups is 2. The van der Waals surface area contributed by atoms with Crippen molar-refractivity contribution in [1.82, 2.24) is 9.64 Å². The van der Waals surface area contributed by atoms with Gasteiger partial charge in [0, 0.05) is 79.6 Å². The SMILES string of the molecule is COCC[N+](CCOC)=c1ccc2c(/C=C/C=C3\N(CCCS(=O)(=O)[O-])c4ccc(S(=O)(=O)[O-])cc4C3(C)CCCC(=O)ON3C(=O)CCC3=O)cc(C(C)(C)C)oc-2c1. The molecule has 1 unspecified atom stereocenters. The summed E-state index contributed by atoms with van der Waals surface area (Å²) in [6.07, 6.45) is 5.41. The molecule has 0 bridgehead atoms. The van der Waals surface area contributed by atoms with E-state index in [1.165, 1.54) is 18.2 Å². The van der Waals surface area contributed by atoms with Crippen molar-refractivity contribution in [3.8, 4) is 11.3 Å². The molecule has 16 nitrogen and oxygen atoms in total. The van der Waals surface area contributed by atoms with Crippen LogP contribution in [0.5, 0.6) is 0 Å². The van der Waals surface area contributed by atoms with E-state index in [1.54, 1.807) is 31.3 Å². The maximum atomic E-state index is 12.8. The molecule has 1 fully saturated rings. The lowest BCUT2D eigenvalue weighted by atomic mass is 9.77. The van der Waals surface area contributed by atoms with Crippen LogP contribution in [-0.4, -0.2) is 102 Å². The van der Waals surface area contributed by atoms with Gasteiger partial charge in [0.15, 0.2) is 13.1 Å². The van der Waals surface area contributed by atoms with Crippen molar-refractivity contribution in [1.29, 1.82) is 0 Å². The zero-order valence-electron chi connectivity index (χ0n) is 34.7. The molecule has 326 valence electrons. The first-order valence-corrected chi connectivity index (χ1v) is 22.6. The topological polar surface area (TPSA) is 216 Å². The van der Waals surface area contributed by atoms with Crippen LogP contribution in [0.1, 0.15) is 83.1 Å². The second-order valence-corrected chi connectivity index (χ2v) is 18.9. The highest BCUT2D eigenvalue weighted by atomic mass is 32.2. The Morgan fingerprint density at radius 1 is 0.950 bits per heavy atom. The molecule has 1 atom stereocenters. The van der Waals surface area contributed by atoms with Crippen LogP contribution in [0.4, 0.5) is 5.69 Å². The van der Waals surface area contributed by atoms with Gasteiger partial charge in [0.25, 0.3) is 11.8 Å². The fraction of sp³-hybridized carbons (Fsp3) is 0.476. The second-order valence-electron chi connectivity index (χ2n) is 16.0. The quantitative estimate of drug-likeness (QED) is 0.100. The van der Waals surface area contributed by atoms with Crippen LogP contribution in [0.2, 0.25) is 0 Å². The second kappa shape index (κ2) is 18.9. The minimum Gasteiger partial charge on any atom is -0.748 e. The highest BCUT2D eigenvalue weighted by Crippen LogP contribution is 2.51. The molecule has 1 saturated heterocycles. The molecule has 0 radical (unpaired) electrons. The van der Waals surface area contributed by atoms with Crippen LogP contribution in [0.3, 0.4) is 0 Å². The Bertz CT molecular complexity index is 2410. The summed E-state index contributed by atoms with van der Waals surface area (Å²) >= 11 is 0. The van der Waals surface area contributed by atoms with E-state index in [9.17, 15) is 40.3 Å². The van der Waals surface area contributed by atoms with Gasteiger partial charge in [0.2, 0.25) is 5.36 Å². The van der Waals surface area contributed by atoms with E-state index in [-0.39, 0.29) is 50.5 Å². The number of hydrogen-bond donors (Lipinski definition) is 0. The monoisotopic (exact) mass is 870 g/mol. The van der Waals surface area contributed by atoms with Crippen LogP contribution >= 0.6 is 0 Å². The fourth-order valence-corrected chi connectivity index (χ4v) is 8.38. The average molecular weight is 871 g/mol. The number of imide groups is 1. The first-order valence-electron chi connectivity index (χ1n) is 19.6. The smallest absolute Gasteiger partial charge is 0.333 e. The number of allylic oxidation sites excluding steroid dienone is 3. The first-order chi connectivity index (χ1) is 28.2. The molecule has 18 heteroatoms. The summed E-state index contributed by atoms with van der Waals surface area (Å²) in [4.78, 5) is 43.3. The van der Waals surface area contributed by atoms with Gasteiger partial charge in [0.1, 0.15) is 34.9 Å². The van der Waals surface area contributed by atoms with Crippen molar-refractivity contribution in [2.75, 3.05) is 57.7 Å². The van der Waals surface area contributed by atoms with Gasteiger partial charge in [-0.1, -0.05) is 32.9 Å². The van der Waals surface area contributed by atoms with Crippen molar-refractivity contribution in [3.05, 3.63) is 82.6 Å². The number of nitrogens with zero attached hydrogens (tertiary/aromatic N) is 3. The van der Waals surface area contributed by atoms with Gasteiger partial charge in [-0.3, -0.25) is 9.59 Å². The lowest BCUT2D eigenvalue weighted by Crippen LogP contribution is -2.35. The first kappa shape index (κ1) is 46.3. The average Bonchev–Trinajstić information content (AvgIpc) is 3.60. The Morgan fingerprint density at radius 2 is 1.62 bits per heavy atom. The molecule has 4 aliphatic rings. The number of hydrogen-bond acceptors (Lipinski definition) is 14. The molecule has 3 aliphatic heterocycles. The molecule has 0 saturated carbocycles. The summed E-state index contributed by atoms with van der Waals surface area (Å²) in [7, 11) is -6.19. The normalized spacial score (nSPS) is 18.0. The van der Waals surface area contributed by atoms with Gasteiger partial charge in [-0.2, -0.15) is 0 Å². The van der Waals surface area contributed by atoms with Crippen molar-refractivity contribution >= 4 is 49.8 Å². The van der Waals surface area contributed by atoms with E-state index >= 15 is 0 Å². The van der Waals surface area contributed by atoms with Crippen molar-refractivity contribution in [2.24, 2.45) is 0 Å². The molecule has 60 heavy (non-hydrogen) atoms. The van der Waals surface area contributed by atoms with Gasteiger partial charge in [-0.05, 0) is 73.7 Å². The highest BCUT2D eigenvalue weighted by molar-refractivity contribution is 7.86. The third kappa shape index (κ3) is 11.2. The molecule has 1 aliphatic carbocycles. The number of ether oxygens (including phenoxy) is 2. The highest BCUT2D eigenvalue weighted by Gasteiger charge is 2.43. The lowest BCUT2D eigenvalue weighted by Gasteiger charge is -2.30. The predicted octanol–water partition coefficient (Wildman–Crippen LogP) is 4.04. The van der Waals surface area contributed by atoms with Gasteiger partial charge in [-0.25, -0.2) is 26.2 Å². The van der Waals surface area contributed by atoms with E-state index in [1.807, 2.05) is 58.0 Å². The fourth-order valence-electron chi connectivity index (χ4n) is 7.40. The number of carbonyl (C=O) groups is 3. The van der Waals surface area contributed by atoms with Crippen molar-refractivity contribution in [3.63, 3.8) is 0 Å². The number of carbonyl (C=O) groups excluding carboxylic acids is 3. The Kier molecular flexibility index (Phi) is 14.6. The Morgan fingerprint density at radius 3 is 2.22 bits per heavy atom. The van der Waals surface area contributed by atoms with Crippen LogP contribution in [0, 0.1) is 0 Å². The minimum atomic E-state index is -4.90. The number of anilines is 1. The Labute approximate surface area is 350 Å². The van der Waals surface area contributed by atoms with Crippen molar-refractivity contribution < 1.29 is 59.1 Å². The molecule has 1 aromatic rings. The molecular weight excluding hydrogens is 819 g/mol. The standard InChI is InChI=1S/C42H53N3O13S2/c1-41(2,3)37-26-29(32-15-13-30(27-35(32)57-37)43(21-23-55-5)22-24-56-6)10-7-11-36-42(4,19-8-12-40(48)58-45-38(46)17-18-39(45)47)33-28-31(60(52,53)54)14-16-34(33)44(36)20-9-25-59(49,50)51/h7,10-11,13-16,26-28H,8-9,12,17-25H2,1-6H3,(H-,49,50,51,52,53,54)/p-1. The van der Waals surface area contributed by atoms with Gasteiger partial charge in [0.05, 0.1) is 21.1 Å². The summed E-state index contributed by atoms with van der Waals surface area (Å²) in [5.74, 6) is -1.36. The Hall–Kier alpha value is -4.72. The largest absolute Gasteiger partial charge is 0.748 e. The van der Waals surface area contributed by atoms with E-state index in [0.29, 0.717) is 59.8 Å².